The molecule has 0 radical (unpaired) electrons. The van der Waals surface area contributed by atoms with E-state index >= 15 is 0 Å². The molecule has 0 aliphatic rings. The summed E-state index contributed by atoms with van der Waals surface area (Å²) in [5.41, 5.74) is 7.75. The quantitative estimate of drug-likeness (QED) is 0.666. The van der Waals surface area contributed by atoms with Crippen LogP contribution in [0.15, 0.2) is 54.9 Å². The molecule has 0 fully saturated rings. The third-order valence-electron chi connectivity index (χ3n) is 3.37. The van der Waals surface area contributed by atoms with Crippen molar-refractivity contribution in [2.45, 2.75) is 6.54 Å². The zero-order valence-electron chi connectivity index (χ0n) is 12.6. The smallest absolute Gasteiger partial charge is 0.160 e. The van der Waals surface area contributed by atoms with Crippen LogP contribution in [0.1, 0.15) is 5.56 Å². The standard InChI is InChI=1S/C17H15F2N5/c18-13-7-6-12(8-14(13)19)24-17-15(20)16(22-10-23-17)21-9-11-4-2-1-3-5-11/h1-8,10H,9,20H2,(H2,21,22,23,24). The van der Waals surface area contributed by atoms with Crippen LogP contribution in [0.25, 0.3) is 0 Å². The molecule has 1 heterocycles. The Bertz CT molecular complexity index is 840. The predicted molar refractivity (Wildman–Crippen MR) is 89.9 cm³/mol. The van der Waals surface area contributed by atoms with Crippen molar-refractivity contribution < 1.29 is 8.78 Å². The number of rotatable bonds is 5. The van der Waals surface area contributed by atoms with Gasteiger partial charge in [0.25, 0.3) is 0 Å². The highest BCUT2D eigenvalue weighted by Crippen LogP contribution is 2.26. The second-order valence-electron chi connectivity index (χ2n) is 5.08. The second-order valence-corrected chi connectivity index (χ2v) is 5.08. The summed E-state index contributed by atoms with van der Waals surface area (Å²) in [5, 5.41) is 5.98. The Morgan fingerprint density at radius 2 is 1.67 bits per heavy atom. The van der Waals surface area contributed by atoms with Gasteiger partial charge in [0.2, 0.25) is 0 Å². The van der Waals surface area contributed by atoms with Crippen molar-refractivity contribution in [1.82, 2.24) is 9.97 Å². The van der Waals surface area contributed by atoms with Gasteiger partial charge >= 0.3 is 0 Å². The Morgan fingerprint density at radius 1 is 0.917 bits per heavy atom. The van der Waals surface area contributed by atoms with Crippen molar-refractivity contribution in [1.29, 1.82) is 0 Å². The zero-order valence-corrected chi connectivity index (χ0v) is 12.6. The van der Waals surface area contributed by atoms with Gasteiger partial charge in [-0.15, -0.1) is 0 Å². The van der Waals surface area contributed by atoms with Crippen LogP contribution in [0.3, 0.4) is 0 Å². The lowest BCUT2D eigenvalue weighted by Gasteiger charge is -2.12. The van der Waals surface area contributed by atoms with E-state index in [2.05, 4.69) is 20.6 Å². The third kappa shape index (κ3) is 3.57. The van der Waals surface area contributed by atoms with Gasteiger partial charge in [0.15, 0.2) is 23.3 Å². The van der Waals surface area contributed by atoms with E-state index < -0.39 is 11.6 Å². The maximum atomic E-state index is 13.3. The van der Waals surface area contributed by atoms with Gasteiger partial charge in [0, 0.05) is 18.3 Å². The van der Waals surface area contributed by atoms with Crippen LogP contribution < -0.4 is 16.4 Å². The maximum Gasteiger partial charge on any atom is 0.160 e. The molecule has 0 aliphatic heterocycles. The highest BCUT2D eigenvalue weighted by atomic mass is 19.2. The molecule has 7 heteroatoms. The van der Waals surface area contributed by atoms with Crippen molar-refractivity contribution in [2.24, 2.45) is 0 Å². The number of benzene rings is 2. The lowest BCUT2D eigenvalue weighted by atomic mass is 10.2. The maximum absolute atomic E-state index is 13.3. The summed E-state index contributed by atoms with van der Waals surface area (Å²) in [6.07, 6.45) is 1.34. The number of aromatic nitrogens is 2. The minimum atomic E-state index is -0.949. The van der Waals surface area contributed by atoms with Crippen molar-refractivity contribution >= 4 is 23.0 Å². The minimum Gasteiger partial charge on any atom is -0.393 e. The Labute approximate surface area is 137 Å². The van der Waals surface area contributed by atoms with E-state index in [1.165, 1.54) is 12.4 Å². The zero-order chi connectivity index (χ0) is 16.9. The van der Waals surface area contributed by atoms with Crippen LogP contribution in [0.4, 0.5) is 31.8 Å². The third-order valence-corrected chi connectivity index (χ3v) is 3.37. The molecular formula is C17H15F2N5. The van der Waals surface area contributed by atoms with Crippen LogP contribution >= 0.6 is 0 Å². The molecule has 0 unspecified atom stereocenters. The number of nitrogens with one attached hydrogen (secondary N) is 2. The van der Waals surface area contributed by atoms with Gasteiger partial charge in [-0.05, 0) is 17.7 Å². The molecule has 0 atom stereocenters. The van der Waals surface area contributed by atoms with Crippen molar-refractivity contribution in [3.05, 3.63) is 72.1 Å². The summed E-state index contributed by atoms with van der Waals surface area (Å²) < 4.78 is 26.3. The molecule has 0 saturated heterocycles. The van der Waals surface area contributed by atoms with Crippen molar-refractivity contribution in [3.8, 4) is 0 Å². The molecule has 2 aromatic carbocycles. The van der Waals surface area contributed by atoms with Crippen LogP contribution in [0, 0.1) is 11.6 Å². The van der Waals surface area contributed by atoms with Gasteiger partial charge in [-0.2, -0.15) is 0 Å². The molecule has 0 spiro atoms. The first-order valence-electron chi connectivity index (χ1n) is 7.24. The molecular weight excluding hydrogens is 312 g/mol. The summed E-state index contributed by atoms with van der Waals surface area (Å²) in [5.74, 6) is -1.10. The van der Waals surface area contributed by atoms with E-state index in [1.807, 2.05) is 30.3 Å². The minimum absolute atomic E-state index is 0.290. The summed E-state index contributed by atoms with van der Waals surface area (Å²) >= 11 is 0. The first kappa shape index (κ1) is 15.7. The lowest BCUT2D eigenvalue weighted by molar-refractivity contribution is 0.509. The number of halogens is 2. The van der Waals surface area contributed by atoms with E-state index in [9.17, 15) is 8.78 Å². The number of anilines is 4. The topological polar surface area (TPSA) is 75.9 Å². The molecule has 0 bridgehead atoms. The average Bonchev–Trinajstić information content (AvgIpc) is 2.60. The van der Waals surface area contributed by atoms with E-state index in [-0.39, 0.29) is 5.69 Å². The molecule has 24 heavy (non-hydrogen) atoms. The molecule has 0 amide bonds. The van der Waals surface area contributed by atoms with Crippen molar-refractivity contribution in [2.75, 3.05) is 16.4 Å². The average molecular weight is 327 g/mol. The molecule has 3 aromatic rings. The fourth-order valence-electron chi connectivity index (χ4n) is 2.13. The number of nitrogen functional groups attached to an aromatic ring is 1. The highest BCUT2D eigenvalue weighted by Gasteiger charge is 2.09. The largest absolute Gasteiger partial charge is 0.393 e. The van der Waals surface area contributed by atoms with Crippen LogP contribution in [0.5, 0.6) is 0 Å². The monoisotopic (exact) mass is 327 g/mol. The second kappa shape index (κ2) is 6.91. The molecule has 0 aliphatic carbocycles. The number of nitrogens with zero attached hydrogens (tertiary/aromatic N) is 2. The van der Waals surface area contributed by atoms with E-state index in [1.54, 1.807) is 0 Å². The normalized spacial score (nSPS) is 10.4. The first-order chi connectivity index (χ1) is 11.6. The van der Waals surface area contributed by atoms with E-state index in [0.29, 0.717) is 23.9 Å². The Morgan fingerprint density at radius 3 is 2.42 bits per heavy atom. The summed E-state index contributed by atoms with van der Waals surface area (Å²) in [7, 11) is 0. The van der Waals surface area contributed by atoms with Gasteiger partial charge < -0.3 is 16.4 Å². The molecule has 1 aromatic heterocycles. The van der Waals surface area contributed by atoms with Gasteiger partial charge in [-0.3, -0.25) is 0 Å². The molecule has 5 nitrogen and oxygen atoms in total. The van der Waals surface area contributed by atoms with E-state index in [4.69, 9.17) is 5.73 Å². The summed E-state index contributed by atoms with van der Waals surface area (Å²) in [6, 6.07) is 13.2. The Balaban J connectivity index is 1.76. The summed E-state index contributed by atoms with van der Waals surface area (Å²) in [6.45, 7) is 0.548. The van der Waals surface area contributed by atoms with Gasteiger partial charge in [0.1, 0.15) is 12.0 Å². The van der Waals surface area contributed by atoms with E-state index in [0.717, 1.165) is 17.7 Å². The van der Waals surface area contributed by atoms with Gasteiger partial charge in [-0.25, -0.2) is 18.7 Å². The molecule has 3 rings (SSSR count). The lowest BCUT2D eigenvalue weighted by Crippen LogP contribution is -2.08. The predicted octanol–water partition coefficient (Wildman–Crippen LogP) is 3.69. The van der Waals surface area contributed by atoms with Gasteiger partial charge in [-0.1, -0.05) is 30.3 Å². The van der Waals surface area contributed by atoms with Crippen LogP contribution in [-0.2, 0) is 6.54 Å². The first-order valence-corrected chi connectivity index (χ1v) is 7.24. The van der Waals surface area contributed by atoms with Gasteiger partial charge in [0.05, 0.1) is 0 Å². The molecule has 122 valence electrons. The number of hydrogen-bond acceptors (Lipinski definition) is 5. The Hall–Kier alpha value is -3.22. The fourth-order valence-corrected chi connectivity index (χ4v) is 2.13. The van der Waals surface area contributed by atoms with Crippen LogP contribution in [-0.4, -0.2) is 9.97 Å². The molecule has 0 saturated carbocycles. The number of nitrogens with two attached hydrogens (primary N) is 1. The highest BCUT2D eigenvalue weighted by molar-refractivity contribution is 5.77. The van der Waals surface area contributed by atoms with Crippen molar-refractivity contribution in [3.63, 3.8) is 0 Å². The Kier molecular flexibility index (Phi) is 4.51. The summed E-state index contributed by atoms with van der Waals surface area (Å²) in [4.78, 5) is 8.14. The fraction of sp³-hybridized carbons (Fsp3) is 0.0588. The molecule has 4 N–H and O–H groups in total. The number of hydrogen-bond donors (Lipinski definition) is 3. The van der Waals surface area contributed by atoms with Crippen LogP contribution in [0.2, 0.25) is 0 Å². The SMILES string of the molecule is Nc1c(NCc2ccccc2)ncnc1Nc1ccc(F)c(F)c1.